The van der Waals surface area contributed by atoms with E-state index in [0.29, 0.717) is 16.2 Å². The third-order valence-electron chi connectivity index (χ3n) is 3.19. The molecule has 3 heterocycles. The van der Waals surface area contributed by atoms with Crippen molar-refractivity contribution in [2.45, 2.75) is 0 Å². The third-order valence-corrected chi connectivity index (χ3v) is 4.22. The number of nitrogen functional groups attached to an aromatic ring is 1. The first-order valence-electron chi connectivity index (χ1n) is 6.22. The highest BCUT2D eigenvalue weighted by Crippen LogP contribution is 2.24. The Hall–Kier alpha value is -2.80. The van der Waals surface area contributed by atoms with E-state index >= 15 is 0 Å². The SMILES string of the molecule is Nc1nccc(-c2cnc3sc4ccccc4n3c2=O)n1. The smallest absolute Gasteiger partial charge is 0.268 e. The van der Waals surface area contributed by atoms with Gasteiger partial charge in [0.2, 0.25) is 5.95 Å². The minimum atomic E-state index is -0.157. The van der Waals surface area contributed by atoms with Crippen molar-refractivity contribution in [1.29, 1.82) is 0 Å². The average molecular weight is 295 g/mol. The van der Waals surface area contributed by atoms with E-state index in [2.05, 4.69) is 15.0 Å². The summed E-state index contributed by atoms with van der Waals surface area (Å²) in [6.45, 7) is 0. The molecule has 0 amide bonds. The minimum Gasteiger partial charge on any atom is -0.368 e. The zero-order valence-corrected chi connectivity index (χ0v) is 11.5. The molecule has 0 unspecified atom stereocenters. The van der Waals surface area contributed by atoms with Crippen molar-refractivity contribution < 1.29 is 0 Å². The van der Waals surface area contributed by atoms with Crippen LogP contribution in [0.1, 0.15) is 0 Å². The molecular formula is C14H9N5OS. The van der Waals surface area contributed by atoms with Gasteiger partial charge >= 0.3 is 0 Å². The molecule has 0 saturated heterocycles. The van der Waals surface area contributed by atoms with E-state index in [4.69, 9.17) is 5.73 Å². The summed E-state index contributed by atoms with van der Waals surface area (Å²) in [6, 6.07) is 9.36. The summed E-state index contributed by atoms with van der Waals surface area (Å²) in [5.41, 5.74) is 7.15. The Bertz CT molecular complexity index is 1040. The first-order chi connectivity index (χ1) is 10.2. The van der Waals surface area contributed by atoms with Gasteiger partial charge in [-0.05, 0) is 18.2 Å². The van der Waals surface area contributed by atoms with Gasteiger partial charge in [0.25, 0.3) is 5.56 Å². The van der Waals surface area contributed by atoms with Gasteiger partial charge in [0.05, 0.1) is 21.5 Å². The van der Waals surface area contributed by atoms with Crippen LogP contribution in [0.2, 0.25) is 0 Å². The molecule has 3 aromatic heterocycles. The number of nitrogens with two attached hydrogens (primary N) is 1. The number of rotatable bonds is 1. The van der Waals surface area contributed by atoms with Crippen molar-refractivity contribution in [2.75, 3.05) is 5.73 Å². The number of para-hydroxylation sites is 1. The summed E-state index contributed by atoms with van der Waals surface area (Å²) in [6.07, 6.45) is 3.06. The minimum absolute atomic E-state index is 0.132. The lowest BCUT2D eigenvalue weighted by Gasteiger charge is -2.01. The van der Waals surface area contributed by atoms with Crippen LogP contribution in [0.15, 0.2) is 47.5 Å². The number of nitrogens with zero attached hydrogens (tertiary/aromatic N) is 4. The van der Waals surface area contributed by atoms with Crippen molar-refractivity contribution in [2.24, 2.45) is 0 Å². The summed E-state index contributed by atoms with van der Waals surface area (Å²) >= 11 is 1.48. The van der Waals surface area contributed by atoms with E-state index < -0.39 is 0 Å². The molecule has 0 radical (unpaired) electrons. The molecular weight excluding hydrogens is 286 g/mol. The van der Waals surface area contributed by atoms with E-state index in [1.807, 2.05) is 24.3 Å². The summed E-state index contributed by atoms with van der Waals surface area (Å²) in [5, 5.41) is 0. The van der Waals surface area contributed by atoms with E-state index in [0.717, 1.165) is 10.2 Å². The molecule has 4 rings (SSSR count). The standard InChI is InChI=1S/C14H9N5OS/c15-13-16-6-5-9(18-13)8-7-17-14-19(12(8)20)10-3-1-2-4-11(10)21-14/h1-7H,(H2,15,16,18). The largest absolute Gasteiger partial charge is 0.368 e. The predicted molar refractivity (Wildman–Crippen MR) is 82.3 cm³/mol. The zero-order chi connectivity index (χ0) is 14.4. The van der Waals surface area contributed by atoms with E-state index in [9.17, 15) is 4.79 Å². The molecule has 0 spiro atoms. The molecule has 0 fully saturated rings. The molecule has 0 aliphatic rings. The van der Waals surface area contributed by atoms with Crippen LogP contribution in [0.25, 0.3) is 26.4 Å². The van der Waals surface area contributed by atoms with E-state index in [1.165, 1.54) is 23.7 Å². The second-order valence-corrected chi connectivity index (χ2v) is 5.47. The average Bonchev–Trinajstić information content (AvgIpc) is 2.87. The molecule has 21 heavy (non-hydrogen) atoms. The van der Waals surface area contributed by atoms with Gasteiger partial charge in [-0.1, -0.05) is 23.5 Å². The van der Waals surface area contributed by atoms with Gasteiger partial charge in [-0.3, -0.25) is 9.20 Å². The molecule has 0 aliphatic heterocycles. The fourth-order valence-corrected chi connectivity index (χ4v) is 3.24. The van der Waals surface area contributed by atoms with Crippen LogP contribution in [-0.4, -0.2) is 19.4 Å². The topological polar surface area (TPSA) is 86.2 Å². The van der Waals surface area contributed by atoms with Crippen LogP contribution < -0.4 is 11.3 Å². The molecule has 7 heteroatoms. The second kappa shape index (κ2) is 4.35. The lowest BCUT2D eigenvalue weighted by atomic mass is 10.2. The Balaban J connectivity index is 2.10. The Morgan fingerprint density at radius 1 is 1.14 bits per heavy atom. The van der Waals surface area contributed by atoms with Gasteiger partial charge in [-0.2, -0.15) is 0 Å². The van der Waals surface area contributed by atoms with Crippen LogP contribution in [0.3, 0.4) is 0 Å². The van der Waals surface area contributed by atoms with Gasteiger partial charge < -0.3 is 5.73 Å². The lowest BCUT2D eigenvalue weighted by molar-refractivity contribution is 1.10. The number of thiazole rings is 1. The monoisotopic (exact) mass is 295 g/mol. The van der Waals surface area contributed by atoms with Crippen LogP contribution in [0.4, 0.5) is 5.95 Å². The summed E-state index contributed by atoms with van der Waals surface area (Å²) in [5.74, 6) is 0.132. The van der Waals surface area contributed by atoms with Gasteiger partial charge in [0.1, 0.15) is 0 Å². The zero-order valence-electron chi connectivity index (χ0n) is 10.7. The van der Waals surface area contributed by atoms with E-state index in [-0.39, 0.29) is 11.5 Å². The third kappa shape index (κ3) is 1.78. The van der Waals surface area contributed by atoms with Gasteiger partial charge in [0, 0.05) is 12.4 Å². The Kier molecular flexibility index (Phi) is 2.48. The Morgan fingerprint density at radius 2 is 2.00 bits per heavy atom. The first kappa shape index (κ1) is 12.0. The van der Waals surface area contributed by atoms with E-state index in [1.54, 1.807) is 10.5 Å². The van der Waals surface area contributed by atoms with Crippen LogP contribution in [0.5, 0.6) is 0 Å². The van der Waals surface area contributed by atoms with Gasteiger partial charge in [-0.15, -0.1) is 0 Å². The maximum Gasteiger partial charge on any atom is 0.268 e. The van der Waals surface area contributed by atoms with Crippen molar-refractivity contribution in [3.8, 4) is 11.3 Å². The van der Waals surface area contributed by atoms with Crippen molar-refractivity contribution in [1.82, 2.24) is 19.4 Å². The fourth-order valence-electron chi connectivity index (χ4n) is 2.25. The maximum atomic E-state index is 12.7. The molecule has 0 bridgehead atoms. The molecule has 102 valence electrons. The highest BCUT2D eigenvalue weighted by Gasteiger charge is 2.13. The molecule has 0 atom stereocenters. The normalized spacial score (nSPS) is 11.2. The summed E-state index contributed by atoms with van der Waals surface area (Å²) in [7, 11) is 0. The molecule has 6 nitrogen and oxygen atoms in total. The van der Waals surface area contributed by atoms with Gasteiger partial charge in [0.15, 0.2) is 4.96 Å². The Labute approximate surface area is 122 Å². The summed E-state index contributed by atoms with van der Waals surface area (Å²) in [4.78, 5) is 25.7. The van der Waals surface area contributed by atoms with Crippen molar-refractivity contribution in [3.05, 3.63) is 53.1 Å². The fraction of sp³-hybridized carbons (Fsp3) is 0. The highest BCUT2D eigenvalue weighted by molar-refractivity contribution is 7.23. The van der Waals surface area contributed by atoms with Crippen molar-refractivity contribution in [3.63, 3.8) is 0 Å². The van der Waals surface area contributed by atoms with Crippen LogP contribution in [0, 0.1) is 0 Å². The van der Waals surface area contributed by atoms with Crippen molar-refractivity contribution >= 4 is 32.5 Å². The molecule has 2 N–H and O–H groups in total. The first-order valence-corrected chi connectivity index (χ1v) is 7.04. The maximum absolute atomic E-state index is 12.7. The number of hydrogen-bond donors (Lipinski definition) is 1. The van der Waals surface area contributed by atoms with Gasteiger partial charge in [-0.25, -0.2) is 15.0 Å². The number of aromatic nitrogens is 4. The number of fused-ring (bicyclic) bond motifs is 3. The summed E-state index contributed by atoms with van der Waals surface area (Å²) < 4.78 is 2.62. The predicted octanol–water partition coefficient (Wildman–Crippen LogP) is 1.95. The van der Waals surface area contributed by atoms with Crippen LogP contribution in [-0.2, 0) is 0 Å². The second-order valence-electron chi connectivity index (χ2n) is 4.46. The van der Waals surface area contributed by atoms with Crippen LogP contribution >= 0.6 is 11.3 Å². The Morgan fingerprint density at radius 3 is 2.86 bits per heavy atom. The molecule has 1 aromatic carbocycles. The molecule has 0 aliphatic carbocycles. The quantitative estimate of drug-likeness (QED) is 0.580. The molecule has 4 aromatic rings. The highest BCUT2D eigenvalue weighted by atomic mass is 32.1. The number of anilines is 1. The number of benzene rings is 1. The molecule has 0 saturated carbocycles. The number of hydrogen-bond acceptors (Lipinski definition) is 6. The lowest BCUT2D eigenvalue weighted by Crippen LogP contribution is -2.16.